The minimum atomic E-state index is -0.483. The van der Waals surface area contributed by atoms with Gasteiger partial charge in [-0.05, 0) is 59.5 Å². The minimum Gasteiger partial charge on any atom is -0.465 e. The standard InChI is InChI=1S/C17H17BrN2O4/c18-15-7-6-14(24-15)16(21)19-13(11-12-5-4-10-23-12)17(22)20-8-2-1-3-9-20/h4-7,10-11H,1-3,8-9H2,(H,19,21)/b13-11+. The van der Waals surface area contributed by atoms with Gasteiger partial charge in [-0.3, -0.25) is 9.59 Å². The predicted molar refractivity (Wildman–Crippen MR) is 91.0 cm³/mol. The second-order valence-electron chi connectivity index (χ2n) is 5.48. The number of nitrogens with zero attached hydrogens (tertiary/aromatic N) is 1. The van der Waals surface area contributed by atoms with Crippen LogP contribution in [0.3, 0.4) is 0 Å². The number of rotatable bonds is 4. The van der Waals surface area contributed by atoms with E-state index < -0.39 is 5.91 Å². The molecule has 0 aromatic carbocycles. The van der Waals surface area contributed by atoms with Crippen molar-refractivity contribution in [3.8, 4) is 0 Å². The molecule has 126 valence electrons. The van der Waals surface area contributed by atoms with Crippen molar-refractivity contribution in [1.82, 2.24) is 10.2 Å². The Morgan fingerprint density at radius 3 is 2.58 bits per heavy atom. The molecule has 0 aliphatic carbocycles. The van der Waals surface area contributed by atoms with Crippen LogP contribution in [-0.4, -0.2) is 29.8 Å². The number of furan rings is 2. The SMILES string of the molecule is O=C(N/C(=C/c1ccco1)C(=O)N1CCCCC1)c1ccc(Br)o1. The van der Waals surface area contributed by atoms with Crippen molar-refractivity contribution >= 4 is 33.8 Å². The largest absolute Gasteiger partial charge is 0.465 e. The number of piperidine rings is 1. The van der Waals surface area contributed by atoms with Crippen LogP contribution in [0, 0.1) is 0 Å². The molecule has 0 radical (unpaired) electrons. The van der Waals surface area contributed by atoms with E-state index in [9.17, 15) is 9.59 Å². The highest BCUT2D eigenvalue weighted by atomic mass is 79.9. The zero-order valence-electron chi connectivity index (χ0n) is 13.0. The maximum atomic E-state index is 12.8. The summed E-state index contributed by atoms with van der Waals surface area (Å²) in [5.41, 5.74) is 0.171. The summed E-state index contributed by atoms with van der Waals surface area (Å²) in [5, 5.41) is 2.64. The van der Waals surface area contributed by atoms with Crippen molar-refractivity contribution in [3.05, 3.63) is 52.4 Å². The van der Waals surface area contributed by atoms with E-state index in [0.717, 1.165) is 19.3 Å². The highest BCUT2D eigenvalue weighted by molar-refractivity contribution is 9.10. The highest BCUT2D eigenvalue weighted by Gasteiger charge is 2.23. The summed E-state index contributed by atoms with van der Waals surface area (Å²) in [6, 6.07) is 6.60. The molecule has 1 aliphatic rings. The first-order valence-electron chi connectivity index (χ1n) is 7.74. The van der Waals surface area contributed by atoms with E-state index in [1.54, 1.807) is 23.1 Å². The lowest BCUT2D eigenvalue weighted by atomic mass is 10.1. The molecule has 24 heavy (non-hydrogen) atoms. The fourth-order valence-corrected chi connectivity index (χ4v) is 2.86. The van der Waals surface area contributed by atoms with Gasteiger partial charge < -0.3 is 19.1 Å². The number of hydrogen-bond acceptors (Lipinski definition) is 4. The van der Waals surface area contributed by atoms with Crippen LogP contribution in [0.25, 0.3) is 6.08 Å². The topological polar surface area (TPSA) is 75.7 Å². The molecule has 1 N–H and O–H groups in total. The normalized spacial score (nSPS) is 15.4. The summed E-state index contributed by atoms with van der Waals surface area (Å²) in [7, 11) is 0. The number of halogens is 1. The third-order valence-electron chi connectivity index (χ3n) is 3.75. The van der Waals surface area contributed by atoms with Crippen molar-refractivity contribution in [2.24, 2.45) is 0 Å². The van der Waals surface area contributed by atoms with Crippen LogP contribution >= 0.6 is 15.9 Å². The fraction of sp³-hybridized carbons (Fsp3) is 0.294. The first-order valence-corrected chi connectivity index (χ1v) is 8.54. The average Bonchev–Trinajstić information content (AvgIpc) is 3.26. The number of nitrogens with one attached hydrogen (secondary N) is 1. The van der Waals surface area contributed by atoms with Gasteiger partial charge in [-0.25, -0.2) is 0 Å². The van der Waals surface area contributed by atoms with E-state index in [1.807, 2.05) is 0 Å². The van der Waals surface area contributed by atoms with Crippen molar-refractivity contribution in [2.45, 2.75) is 19.3 Å². The van der Waals surface area contributed by atoms with E-state index in [4.69, 9.17) is 8.83 Å². The van der Waals surface area contributed by atoms with Crippen molar-refractivity contribution in [3.63, 3.8) is 0 Å². The van der Waals surface area contributed by atoms with Gasteiger partial charge in [0.15, 0.2) is 10.4 Å². The van der Waals surface area contributed by atoms with E-state index >= 15 is 0 Å². The molecule has 1 saturated heterocycles. The molecule has 0 bridgehead atoms. The van der Waals surface area contributed by atoms with Gasteiger partial charge in [-0.2, -0.15) is 0 Å². The van der Waals surface area contributed by atoms with Crippen LogP contribution in [0.2, 0.25) is 0 Å². The summed E-state index contributed by atoms with van der Waals surface area (Å²) < 4.78 is 10.9. The average molecular weight is 393 g/mol. The summed E-state index contributed by atoms with van der Waals surface area (Å²) >= 11 is 3.16. The predicted octanol–water partition coefficient (Wildman–Crippen LogP) is 3.42. The molecule has 2 aromatic heterocycles. The first kappa shape index (κ1) is 16.6. The maximum absolute atomic E-state index is 12.8. The van der Waals surface area contributed by atoms with Crippen LogP contribution in [0.15, 0.2) is 49.7 Å². The molecule has 0 unspecified atom stereocenters. The van der Waals surface area contributed by atoms with Gasteiger partial charge in [-0.1, -0.05) is 0 Å². The Balaban J connectivity index is 1.82. The Kier molecular flexibility index (Phi) is 5.20. The number of carbonyl (C=O) groups excluding carboxylic acids is 2. The molecule has 1 fully saturated rings. The van der Waals surface area contributed by atoms with Gasteiger partial charge in [-0.15, -0.1) is 0 Å². The maximum Gasteiger partial charge on any atom is 0.291 e. The first-order chi connectivity index (χ1) is 11.6. The molecule has 0 spiro atoms. The van der Waals surface area contributed by atoms with Gasteiger partial charge in [0.05, 0.1) is 6.26 Å². The smallest absolute Gasteiger partial charge is 0.291 e. The molecular weight excluding hydrogens is 376 g/mol. The summed E-state index contributed by atoms with van der Waals surface area (Å²) in [6.07, 6.45) is 6.11. The van der Waals surface area contributed by atoms with Crippen LogP contribution < -0.4 is 5.32 Å². The second-order valence-corrected chi connectivity index (χ2v) is 6.27. The lowest BCUT2D eigenvalue weighted by molar-refractivity contribution is -0.128. The Labute approximate surface area is 147 Å². The molecule has 3 heterocycles. The van der Waals surface area contributed by atoms with Gasteiger partial charge in [0, 0.05) is 19.2 Å². The van der Waals surface area contributed by atoms with Gasteiger partial charge in [0.1, 0.15) is 11.5 Å². The number of amides is 2. The van der Waals surface area contributed by atoms with Crippen LogP contribution in [0.5, 0.6) is 0 Å². The molecule has 7 heteroatoms. The van der Waals surface area contributed by atoms with E-state index in [-0.39, 0.29) is 17.4 Å². The number of hydrogen-bond donors (Lipinski definition) is 1. The number of carbonyl (C=O) groups is 2. The zero-order chi connectivity index (χ0) is 16.9. The van der Waals surface area contributed by atoms with Crippen molar-refractivity contribution in [1.29, 1.82) is 0 Å². The molecule has 2 amide bonds. The fourth-order valence-electron chi connectivity index (χ4n) is 2.55. The Morgan fingerprint density at radius 1 is 1.17 bits per heavy atom. The van der Waals surface area contributed by atoms with E-state index in [0.29, 0.717) is 23.5 Å². The van der Waals surface area contributed by atoms with Gasteiger partial charge >= 0.3 is 0 Å². The van der Waals surface area contributed by atoms with Crippen molar-refractivity contribution < 1.29 is 18.4 Å². The molecular formula is C17H17BrN2O4. The number of likely N-dealkylation sites (tertiary alicyclic amines) is 1. The third-order valence-corrected chi connectivity index (χ3v) is 4.17. The van der Waals surface area contributed by atoms with Crippen LogP contribution in [0.1, 0.15) is 35.6 Å². The summed E-state index contributed by atoms with van der Waals surface area (Å²) in [6.45, 7) is 1.38. The van der Waals surface area contributed by atoms with Gasteiger partial charge in [0.2, 0.25) is 0 Å². The highest BCUT2D eigenvalue weighted by Crippen LogP contribution is 2.17. The summed E-state index contributed by atoms with van der Waals surface area (Å²) in [4.78, 5) is 26.8. The second kappa shape index (κ2) is 7.53. The molecule has 0 atom stereocenters. The van der Waals surface area contributed by atoms with E-state index in [2.05, 4.69) is 21.2 Å². The summed E-state index contributed by atoms with van der Waals surface area (Å²) in [5.74, 6) is -0.0797. The monoisotopic (exact) mass is 392 g/mol. The van der Waals surface area contributed by atoms with Crippen molar-refractivity contribution in [2.75, 3.05) is 13.1 Å². The third kappa shape index (κ3) is 3.97. The quantitative estimate of drug-likeness (QED) is 0.808. The molecule has 3 rings (SSSR count). The Hall–Kier alpha value is -2.28. The Morgan fingerprint density at radius 2 is 1.96 bits per heavy atom. The molecule has 6 nitrogen and oxygen atoms in total. The lowest BCUT2D eigenvalue weighted by Crippen LogP contribution is -2.41. The molecule has 2 aromatic rings. The zero-order valence-corrected chi connectivity index (χ0v) is 14.5. The van der Waals surface area contributed by atoms with Crippen LogP contribution in [0.4, 0.5) is 0 Å². The molecule has 0 saturated carbocycles. The van der Waals surface area contributed by atoms with E-state index in [1.165, 1.54) is 18.4 Å². The van der Waals surface area contributed by atoms with Gasteiger partial charge in [0.25, 0.3) is 11.8 Å². The molecule has 1 aliphatic heterocycles. The lowest BCUT2D eigenvalue weighted by Gasteiger charge is -2.27. The van der Waals surface area contributed by atoms with Crippen LogP contribution in [-0.2, 0) is 4.79 Å². The Bertz CT molecular complexity index is 742. The minimum absolute atomic E-state index is 0.124.